The first-order chi connectivity index (χ1) is 12.4. The number of carbonyl (C=O) groups is 1. The van der Waals surface area contributed by atoms with Gasteiger partial charge in [0, 0.05) is 16.1 Å². The van der Waals surface area contributed by atoms with E-state index >= 15 is 0 Å². The monoisotopic (exact) mass is 362 g/mol. The summed E-state index contributed by atoms with van der Waals surface area (Å²) in [5.74, 6) is -0.807. The van der Waals surface area contributed by atoms with Crippen LogP contribution in [0, 0.1) is 18.3 Å². The van der Waals surface area contributed by atoms with E-state index in [4.69, 9.17) is 28.3 Å². The van der Waals surface area contributed by atoms with E-state index in [2.05, 4.69) is 11.1 Å². The lowest BCUT2D eigenvalue weighted by atomic mass is 9.93. The average Bonchev–Trinajstić information content (AvgIpc) is 2.61. The van der Waals surface area contributed by atoms with Gasteiger partial charge in [0.15, 0.2) is 5.96 Å². The standard InChI is InChI=1S/C20H15ClN4O/c1-11-8-12(10-22)2-6-15(11)18-16-9-14(19(26)25-20(23)24)4-3-13(16)5-7-17(18)21/h2-9H,1H3,(H4,23,24,25,26). The molecule has 3 rings (SSSR count). The second kappa shape index (κ2) is 6.87. The summed E-state index contributed by atoms with van der Waals surface area (Å²) in [7, 11) is 0. The van der Waals surface area contributed by atoms with Gasteiger partial charge in [0.1, 0.15) is 0 Å². The summed E-state index contributed by atoms with van der Waals surface area (Å²) in [6.07, 6.45) is 0. The largest absolute Gasteiger partial charge is 0.370 e. The number of rotatable bonds is 2. The number of nitrogens with two attached hydrogens (primary N) is 2. The Bertz CT molecular complexity index is 1110. The number of hydrogen-bond acceptors (Lipinski definition) is 2. The molecular formula is C20H15ClN4O. The maximum absolute atomic E-state index is 12.2. The maximum atomic E-state index is 12.2. The molecule has 0 fully saturated rings. The molecule has 0 spiro atoms. The van der Waals surface area contributed by atoms with Gasteiger partial charge >= 0.3 is 0 Å². The summed E-state index contributed by atoms with van der Waals surface area (Å²) >= 11 is 6.48. The van der Waals surface area contributed by atoms with Crippen LogP contribution in [-0.2, 0) is 0 Å². The molecule has 0 unspecified atom stereocenters. The first-order valence-electron chi connectivity index (χ1n) is 7.78. The van der Waals surface area contributed by atoms with Crippen molar-refractivity contribution in [2.45, 2.75) is 6.92 Å². The lowest BCUT2D eigenvalue weighted by molar-refractivity contribution is 0.100. The molecule has 0 aliphatic heterocycles. The third-order valence-corrected chi connectivity index (χ3v) is 4.39. The first kappa shape index (κ1) is 17.5. The van der Waals surface area contributed by atoms with Crippen molar-refractivity contribution < 1.29 is 4.79 Å². The summed E-state index contributed by atoms with van der Waals surface area (Å²) in [5, 5.41) is 11.4. The highest BCUT2D eigenvalue weighted by molar-refractivity contribution is 6.35. The highest BCUT2D eigenvalue weighted by Gasteiger charge is 2.14. The minimum atomic E-state index is -0.519. The van der Waals surface area contributed by atoms with E-state index < -0.39 is 5.91 Å². The molecule has 0 aliphatic rings. The van der Waals surface area contributed by atoms with Crippen LogP contribution in [0.25, 0.3) is 21.9 Å². The van der Waals surface area contributed by atoms with Gasteiger partial charge in [0.05, 0.1) is 11.6 Å². The van der Waals surface area contributed by atoms with Crippen molar-refractivity contribution in [2.75, 3.05) is 0 Å². The van der Waals surface area contributed by atoms with Crippen LogP contribution in [0.15, 0.2) is 53.5 Å². The van der Waals surface area contributed by atoms with Crippen molar-refractivity contribution in [1.29, 1.82) is 5.26 Å². The minimum absolute atomic E-state index is 0.288. The molecule has 128 valence electrons. The van der Waals surface area contributed by atoms with E-state index in [1.807, 2.05) is 31.2 Å². The Labute approximate surface area is 155 Å². The molecule has 0 radical (unpaired) electrons. The molecule has 5 nitrogen and oxygen atoms in total. The van der Waals surface area contributed by atoms with E-state index in [0.717, 1.165) is 27.5 Å². The average molecular weight is 363 g/mol. The summed E-state index contributed by atoms with van der Waals surface area (Å²) in [6.45, 7) is 1.92. The number of fused-ring (bicyclic) bond motifs is 1. The van der Waals surface area contributed by atoms with Gasteiger partial charge in [-0.05, 0) is 59.2 Å². The number of halogens is 1. The van der Waals surface area contributed by atoms with Crippen molar-refractivity contribution in [2.24, 2.45) is 16.5 Å². The molecule has 0 saturated carbocycles. The van der Waals surface area contributed by atoms with Crippen molar-refractivity contribution in [1.82, 2.24) is 0 Å². The molecule has 4 N–H and O–H groups in total. The Morgan fingerprint density at radius 3 is 2.50 bits per heavy atom. The fourth-order valence-corrected chi connectivity index (χ4v) is 3.16. The summed E-state index contributed by atoms with van der Waals surface area (Å²) in [6, 6.07) is 16.4. The number of benzene rings is 3. The summed E-state index contributed by atoms with van der Waals surface area (Å²) in [4.78, 5) is 15.7. The second-order valence-corrected chi connectivity index (χ2v) is 6.25. The smallest absolute Gasteiger partial charge is 0.280 e. The van der Waals surface area contributed by atoms with Gasteiger partial charge in [-0.25, -0.2) is 0 Å². The molecule has 0 aliphatic carbocycles. The summed E-state index contributed by atoms with van der Waals surface area (Å²) < 4.78 is 0. The molecule has 3 aromatic carbocycles. The van der Waals surface area contributed by atoms with Crippen LogP contribution in [0.4, 0.5) is 0 Å². The molecule has 0 atom stereocenters. The second-order valence-electron chi connectivity index (χ2n) is 5.84. The zero-order valence-corrected chi connectivity index (χ0v) is 14.7. The van der Waals surface area contributed by atoms with Crippen LogP contribution >= 0.6 is 11.6 Å². The summed E-state index contributed by atoms with van der Waals surface area (Å²) in [5.41, 5.74) is 14.1. The minimum Gasteiger partial charge on any atom is -0.370 e. The molecule has 0 aromatic heterocycles. The first-order valence-corrected chi connectivity index (χ1v) is 8.16. The SMILES string of the molecule is Cc1cc(C#N)ccc1-c1c(Cl)ccc2ccc(C(=O)N=C(N)N)cc12. The number of guanidine groups is 1. The number of hydrogen-bond donors (Lipinski definition) is 2. The zero-order valence-electron chi connectivity index (χ0n) is 14.0. The zero-order chi connectivity index (χ0) is 18.8. The molecule has 1 amide bonds. The van der Waals surface area contributed by atoms with Gasteiger partial charge in [0.2, 0.25) is 0 Å². The van der Waals surface area contributed by atoms with E-state index in [1.54, 1.807) is 24.3 Å². The Kier molecular flexibility index (Phi) is 4.61. The molecule has 0 heterocycles. The Morgan fingerprint density at radius 2 is 1.85 bits per heavy atom. The van der Waals surface area contributed by atoms with Gasteiger partial charge in [-0.1, -0.05) is 29.8 Å². The normalized spacial score (nSPS) is 10.3. The van der Waals surface area contributed by atoms with Crippen LogP contribution < -0.4 is 11.5 Å². The highest BCUT2D eigenvalue weighted by atomic mass is 35.5. The van der Waals surface area contributed by atoms with Crippen molar-refractivity contribution in [3.8, 4) is 17.2 Å². The quantitative estimate of drug-likeness (QED) is 0.534. The van der Waals surface area contributed by atoms with Gasteiger partial charge < -0.3 is 11.5 Å². The van der Waals surface area contributed by atoms with Gasteiger partial charge in [0.25, 0.3) is 5.91 Å². The Morgan fingerprint density at radius 1 is 1.12 bits per heavy atom. The number of carbonyl (C=O) groups excluding carboxylic acids is 1. The molecule has 0 bridgehead atoms. The number of aryl methyl sites for hydroxylation is 1. The van der Waals surface area contributed by atoms with Crippen LogP contribution in [0.3, 0.4) is 0 Å². The van der Waals surface area contributed by atoms with Crippen molar-refractivity contribution in [3.63, 3.8) is 0 Å². The predicted molar refractivity (Wildman–Crippen MR) is 104 cm³/mol. The van der Waals surface area contributed by atoms with Crippen LogP contribution in [0.1, 0.15) is 21.5 Å². The fraction of sp³-hybridized carbons (Fsp3) is 0.0500. The lowest BCUT2D eigenvalue weighted by Crippen LogP contribution is -2.24. The van der Waals surface area contributed by atoms with E-state index in [9.17, 15) is 4.79 Å². The molecule has 6 heteroatoms. The van der Waals surface area contributed by atoms with Crippen LogP contribution in [0.2, 0.25) is 5.02 Å². The molecule has 3 aromatic rings. The third-order valence-electron chi connectivity index (χ3n) is 4.07. The third kappa shape index (κ3) is 3.23. The van der Waals surface area contributed by atoms with Crippen molar-refractivity contribution in [3.05, 3.63) is 70.2 Å². The number of aliphatic imine (C=N–C) groups is 1. The lowest BCUT2D eigenvalue weighted by Gasteiger charge is -2.13. The van der Waals surface area contributed by atoms with Crippen LogP contribution in [0.5, 0.6) is 0 Å². The van der Waals surface area contributed by atoms with E-state index in [-0.39, 0.29) is 5.96 Å². The fourth-order valence-electron chi connectivity index (χ4n) is 2.90. The predicted octanol–water partition coefficient (Wildman–Crippen LogP) is 3.75. The Balaban J connectivity index is 2.28. The Hall–Kier alpha value is -3.36. The topological polar surface area (TPSA) is 105 Å². The number of nitriles is 1. The number of amides is 1. The van der Waals surface area contributed by atoms with Crippen molar-refractivity contribution >= 4 is 34.2 Å². The van der Waals surface area contributed by atoms with Gasteiger partial charge in [-0.3, -0.25) is 4.79 Å². The molecule has 26 heavy (non-hydrogen) atoms. The molecular weight excluding hydrogens is 348 g/mol. The highest BCUT2D eigenvalue weighted by Crippen LogP contribution is 2.37. The van der Waals surface area contributed by atoms with E-state index in [0.29, 0.717) is 16.1 Å². The maximum Gasteiger partial charge on any atom is 0.280 e. The van der Waals surface area contributed by atoms with E-state index in [1.165, 1.54) is 0 Å². The number of nitrogens with zero attached hydrogens (tertiary/aromatic N) is 2. The van der Waals surface area contributed by atoms with Gasteiger partial charge in [-0.15, -0.1) is 0 Å². The van der Waals surface area contributed by atoms with Gasteiger partial charge in [-0.2, -0.15) is 10.3 Å². The molecule has 0 saturated heterocycles. The van der Waals surface area contributed by atoms with Crippen LogP contribution in [-0.4, -0.2) is 11.9 Å².